The Labute approximate surface area is 58.4 Å². The van der Waals surface area contributed by atoms with E-state index in [1.165, 1.54) is 6.42 Å². The highest BCUT2D eigenvalue weighted by atomic mass is 15.0. The van der Waals surface area contributed by atoms with Gasteiger partial charge in [-0.25, -0.2) is 0 Å². The van der Waals surface area contributed by atoms with Crippen molar-refractivity contribution in [3.05, 3.63) is 12.3 Å². The lowest BCUT2D eigenvalue weighted by Gasteiger charge is -2.03. The van der Waals surface area contributed by atoms with Crippen LogP contribution in [0.25, 0.3) is 0 Å². The van der Waals surface area contributed by atoms with Gasteiger partial charge < -0.3 is 4.90 Å². The van der Waals surface area contributed by atoms with E-state index < -0.39 is 0 Å². The maximum atomic E-state index is 2.22. The van der Waals surface area contributed by atoms with Crippen molar-refractivity contribution in [2.24, 2.45) is 5.92 Å². The van der Waals surface area contributed by atoms with Gasteiger partial charge in [-0.2, -0.15) is 0 Å². The number of allylic oxidation sites excluding steroid dienone is 1. The predicted molar refractivity (Wildman–Crippen MR) is 42.3 cm³/mol. The lowest BCUT2D eigenvalue weighted by molar-refractivity contribution is 0.555. The van der Waals surface area contributed by atoms with Crippen LogP contribution >= 0.6 is 0 Å². The zero-order chi connectivity index (χ0) is 7.28. The molecule has 0 radical (unpaired) electrons. The summed E-state index contributed by atoms with van der Waals surface area (Å²) in [6.45, 7) is 4.44. The van der Waals surface area contributed by atoms with Crippen molar-refractivity contribution >= 4 is 0 Å². The molecule has 1 nitrogen and oxygen atoms in total. The van der Waals surface area contributed by atoms with Crippen LogP contribution in [0.5, 0.6) is 0 Å². The lowest BCUT2D eigenvalue weighted by atomic mass is 10.1. The third kappa shape index (κ3) is 7.54. The Morgan fingerprint density at radius 3 is 2.22 bits per heavy atom. The third-order valence-corrected chi connectivity index (χ3v) is 1.01. The van der Waals surface area contributed by atoms with Crippen molar-refractivity contribution < 1.29 is 0 Å². The van der Waals surface area contributed by atoms with Crippen molar-refractivity contribution in [3.63, 3.8) is 0 Å². The van der Waals surface area contributed by atoms with E-state index in [1.807, 2.05) is 14.1 Å². The molecule has 0 N–H and O–H groups in total. The Kier molecular flexibility index (Phi) is 4.20. The molecule has 0 heterocycles. The topological polar surface area (TPSA) is 3.24 Å². The van der Waals surface area contributed by atoms with Gasteiger partial charge in [0.1, 0.15) is 0 Å². The van der Waals surface area contributed by atoms with Crippen molar-refractivity contribution in [1.29, 1.82) is 0 Å². The van der Waals surface area contributed by atoms with E-state index in [2.05, 4.69) is 31.0 Å². The SMILES string of the molecule is CC(C)C/C=C\N(C)C. The first kappa shape index (κ1) is 8.54. The smallest absolute Gasteiger partial charge is 0.00555 e. The van der Waals surface area contributed by atoms with Crippen molar-refractivity contribution in [2.75, 3.05) is 14.1 Å². The second-order valence-corrected chi connectivity index (χ2v) is 2.98. The largest absolute Gasteiger partial charge is 0.384 e. The molecule has 0 unspecified atom stereocenters. The first-order chi connectivity index (χ1) is 4.13. The molecular formula is C8H17N. The van der Waals surface area contributed by atoms with Gasteiger partial charge in [-0.15, -0.1) is 0 Å². The summed E-state index contributed by atoms with van der Waals surface area (Å²) >= 11 is 0. The van der Waals surface area contributed by atoms with Gasteiger partial charge >= 0.3 is 0 Å². The summed E-state index contributed by atoms with van der Waals surface area (Å²) in [7, 11) is 4.08. The maximum Gasteiger partial charge on any atom is 0.00555 e. The molecule has 0 fully saturated rings. The number of hydrogen-bond acceptors (Lipinski definition) is 1. The fourth-order valence-corrected chi connectivity index (χ4v) is 0.544. The third-order valence-electron chi connectivity index (χ3n) is 1.01. The Hall–Kier alpha value is -0.460. The molecule has 0 spiro atoms. The molecule has 0 aromatic carbocycles. The summed E-state index contributed by atoms with van der Waals surface area (Å²) in [6.07, 6.45) is 5.48. The molecule has 0 aromatic rings. The first-order valence-electron chi connectivity index (χ1n) is 3.46. The van der Waals surface area contributed by atoms with Gasteiger partial charge in [0.2, 0.25) is 0 Å². The van der Waals surface area contributed by atoms with Crippen molar-refractivity contribution in [2.45, 2.75) is 20.3 Å². The summed E-state index contributed by atoms with van der Waals surface area (Å²) < 4.78 is 0. The van der Waals surface area contributed by atoms with Gasteiger partial charge in [0.25, 0.3) is 0 Å². The van der Waals surface area contributed by atoms with Gasteiger partial charge in [-0.05, 0) is 18.5 Å². The number of nitrogens with zero attached hydrogens (tertiary/aromatic N) is 1. The molecule has 0 aliphatic carbocycles. The van der Waals surface area contributed by atoms with Crippen LogP contribution < -0.4 is 0 Å². The zero-order valence-electron chi connectivity index (χ0n) is 6.89. The fraction of sp³-hybridized carbons (Fsp3) is 0.750. The Morgan fingerprint density at radius 1 is 1.33 bits per heavy atom. The number of rotatable bonds is 3. The standard InChI is InChI=1S/C8H17N/c1-8(2)6-5-7-9(3)4/h5,7-8H,6H2,1-4H3/b7-5-. The van der Waals surface area contributed by atoms with Crippen LogP contribution in [0.3, 0.4) is 0 Å². The van der Waals surface area contributed by atoms with E-state index >= 15 is 0 Å². The van der Waals surface area contributed by atoms with E-state index in [-0.39, 0.29) is 0 Å². The highest BCUT2D eigenvalue weighted by Gasteiger charge is 1.86. The molecular weight excluding hydrogens is 110 g/mol. The molecule has 0 saturated carbocycles. The average Bonchev–Trinajstić information content (AvgIpc) is 1.63. The second-order valence-electron chi connectivity index (χ2n) is 2.98. The van der Waals surface area contributed by atoms with Crippen molar-refractivity contribution in [3.8, 4) is 0 Å². The maximum absolute atomic E-state index is 2.22. The van der Waals surface area contributed by atoms with Crippen LogP contribution in [-0.4, -0.2) is 19.0 Å². The van der Waals surface area contributed by atoms with Gasteiger partial charge in [0.05, 0.1) is 0 Å². The summed E-state index contributed by atoms with van der Waals surface area (Å²) in [5.74, 6) is 0.779. The van der Waals surface area contributed by atoms with Crippen molar-refractivity contribution in [1.82, 2.24) is 4.90 Å². The average molecular weight is 127 g/mol. The molecule has 9 heavy (non-hydrogen) atoms. The molecule has 0 aromatic heterocycles. The van der Waals surface area contributed by atoms with E-state index in [4.69, 9.17) is 0 Å². The molecule has 0 bridgehead atoms. The zero-order valence-corrected chi connectivity index (χ0v) is 6.89. The minimum absolute atomic E-state index is 0.779. The summed E-state index contributed by atoms with van der Waals surface area (Å²) in [5.41, 5.74) is 0. The molecule has 1 heteroatoms. The monoisotopic (exact) mass is 127 g/mol. The Bertz CT molecular complexity index is 82.6. The summed E-state index contributed by atoms with van der Waals surface area (Å²) in [6, 6.07) is 0. The van der Waals surface area contributed by atoms with E-state index in [0.29, 0.717) is 0 Å². The van der Waals surface area contributed by atoms with Crippen LogP contribution in [0.15, 0.2) is 12.3 Å². The normalized spacial score (nSPS) is 11.2. The molecule has 0 atom stereocenters. The van der Waals surface area contributed by atoms with Gasteiger partial charge in [0, 0.05) is 14.1 Å². The van der Waals surface area contributed by atoms with E-state index in [9.17, 15) is 0 Å². The van der Waals surface area contributed by atoms with Crippen LogP contribution in [-0.2, 0) is 0 Å². The van der Waals surface area contributed by atoms with Gasteiger partial charge in [-0.1, -0.05) is 19.9 Å². The van der Waals surface area contributed by atoms with Crippen LogP contribution in [0.4, 0.5) is 0 Å². The lowest BCUT2D eigenvalue weighted by Crippen LogP contribution is -2.00. The predicted octanol–water partition coefficient (Wildman–Crippen LogP) is 2.11. The quantitative estimate of drug-likeness (QED) is 0.561. The molecule has 0 rings (SSSR count). The second kappa shape index (κ2) is 4.42. The van der Waals surface area contributed by atoms with Crippen LogP contribution in [0, 0.1) is 5.92 Å². The van der Waals surface area contributed by atoms with Crippen LogP contribution in [0.1, 0.15) is 20.3 Å². The summed E-state index contributed by atoms with van der Waals surface area (Å²) in [4.78, 5) is 2.06. The van der Waals surface area contributed by atoms with E-state index in [0.717, 1.165) is 5.92 Å². The Balaban J connectivity index is 3.25. The fourth-order valence-electron chi connectivity index (χ4n) is 0.544. The molecule has 0 aliphatic heterocycles. The molecule has 0 saturated heterocycles. The first-order valence-corrected chi connectivity index (χ1v) is 3.46. The summed E-state index contributed by atoms with van der Waals surface area (Å²) in [5, 5.41) is 0. The molecule has 0 amide bonds. The number of hydrogen-bond donors (Lipinski definition) is 0. The van der Waals surface area contributed by atoms with Crippen LogP contribution in [0.2, 0.25) is 0 Å². The highest BCUT2D eigenvalue weighted by Crippen LogP contribution is 1.99. The molecule has 54 valence electrons. The molecule has 0 aliphatic rings. The Morgan fingerprint density at radius 2 is 1.89 bits per heavy atom. The minimum Gasteiger partial charge on any atom is -0.384 e. The van der Waals surface area contributed by atoms with Gasteiger partial charge in [0.15, 0.2) is 0 Å². The van der Waals surface area contributed by atoms with E-state index in [1.54, 1.807) is 0 Å². The van der Waals surface area contributed by atoms with Gasteiger partial charge in [-0.3, -0.25) is 0 Å². The highest BCUT2D eigenvalue weighted by molar-refractivity contribution is 4.79. The minimum atomic E-state index is 0.779.